The van der Waals surface area contributed by atoms with Crippen LogP contribution in [0.2, 0.25) is 0 Å². The lowest BCUT2D eigenvalue weighted by atomic mass is 9.62. The van der Waals surface area contributed by atoms with Crippen LogP contribution >= 0.6 is 0 Å². The number of hydrogen-bond donors (Lipinski definition) is 2. The van der Waals surface area contributed by atoms with Crippen molar-refractivity contribution < 1.29 is 4.74 Å². The smallest absolute Gasteiger partial charge is 0.0685 e. The van der Waals surface area contributed by atoms with E-state index in [0.29, 0.717) is 17.4 Å². The normalized spacial score (nSPS) is 34.7. The van der Waals surface area contributed by atoms with E-state index in [0.717, 1.165) is 6.61 Å². The molecule has 2 saturated carbocycles. The molecule has 110 valence electrons. The Balaban J connectivity index is 1.70. The monoisotopic (exact) mass is 266 g/mol. The Kier molecular flexibility index (Phi) is 3.89. The maximum atomic E-state index is 6.08. The minimum absolute atomic E-state index is 0.239. The second kappa shape index (κ2) is 5.34. The molecule has 3 fully saturated rings. The van der Waals surface area contributed by atoms with Gasteiger partial charge in [0.15, 0.2) is 0 Å². The van der Waals surface area contributed by atoms with Crippen LogP contribution in [0.1, 0.15) is 71.1 Å². The molecule has 19 heavy (non-hydrogen) atoms. The van der Waals surface area contributed by atoms with Gasteiger partial charge in [-0.15, -0.1) is 0 Å². The molecule has 2 aliphatic carbocycles. The first kappa shape index (κ1) is 13.8. The zero-order chi connectivity index (χ0) is 13.3. The van der Waals surface area contributed by atoms with Crippen LogP contribution in [-0.4, -0.2) is 18.2 Å². The maximum Gasteiger partial charge on any atom is 0.0685 e. The molecule has 0 radical (unpaired) electrons. The van der Waals surface area contributed by atoms with Crippen LogP contribution in [0, 0.1) is 11.3 Å². The molecule has 2 atom stereocenters. The fourth-order valence-corrected chi connectivity index (χ4v) is 4.85. The SMILES string of the molecule is CC1(C(NN)C2CCOC3(CCC3)C2)CCCCC1. The average Bonchev–Trinajstić information content (AvgIpc) is 2.39. The fraction of sp³-hybridized carbons (Fsp3) is 1.00. The van der Waals surface area contributed by atoms with Gasteiger partial charge in [0.05, 0.1) is 5.60 Å². The first-order valence-corrected chi connectivity index (χ1v) is 8.28. The molecule has 1 saturated heterocycles. The number of nitrogens with two attached hydrogens (primary N) is 1. The van der Waals surface area contributed by atoms with Crippen molar-refractivity contribution in [2.45, 2.75) is 82.8 Å². The minimum Gasteiger partial charge on any atom is -0.375 e. The van der Waals surface area contributed by atoms with E-state index < -0.39 is 0 Å². The Labute approximate surface area is 117 Å². The number of ether oxygens (including phenoxy) is 1. The topological polar surface area (TPSA) is 47.3 Å². The first-order valence-electron chi connectivity index (χ1n) is 8.28. The lowest BCUT2D eigenvalue weighted by Gasteiger charge is -2.52. The van der Waals surface area contributed by atoms with Crippen molar-refractivity contribution in [1.29, 1.82) is 0 Å². The van der Waals surface area contributed by atoms with Gasteiger partial charge in [0.2, 0.25) is 0 Å². The minimum atomic E-state index is 0.239. The molecule has 0 aromatic rings. The number of hydrogen-bond acceptors (Lipinski definition) is 3. The molecule has 0 aromatic carbocycles. The number of hydrazine groups is 1. The Hall–Kier alpha value is -0.120. The number of nitrogens with one attached hydrogen (secondary N) is 1. The highest BCUT2D eigenvalue weighted by Gasteiger charge is 2.47. The third-order valence-electron chi connectivity index (χ3n) is 6.19. The van der Waals surface area contributed by atoms with Crippen molar-refractivity contribution in [1.82, 2.24) is 5.43 Å². The molecule has 0 bridgehead atoms. The predicted molar refractivity (Wildman–Crippen MR) is 77.6 cm³/mol. The van der Waals surface area contributed by atoms with E-state index in [1.807, 2.05) is 0 Å². The highest BCUT2D eigenvalue weighted by Crippen LogP contribution is 2.49. The van der Waals surface area contributed by atoms with Gasteiger partial charge in [0.1, 0.15) is 0 Å². The zero-order valence-electron chi connectivity index (χ0n) is 12.4. The van der Waals surface area contributed by atoms with Crippen LogP contribution in [0.15, 0.2) is 0 Å². The molecule has 1 spiro atoms. The Morgan fingerprint density at radius 3 is 2.42 bits per heavy atom. The van der Waals surface area contributed by atoms with Gasteiger partial charge < -0.3 is 4.74 Å². The Bertz CT molecular complexity index is 308. The summed E-state index contributed by atoms with van der Waals surface area (Å²) in [5.74, 6) is 6.69. The van der Waals surface area contributed by atoms with Crippen LogP contribution in [0.3, 0.4) is 0 Å². The van der Waals surface area contributed by atoms with Crippen molar-refractivity contribution in [3.63, 3.8) is 0 Å². The van der Waals surface area contributed by atoms with Crippen LogP contribution < -0.4 is 11.3 Å². The lowest BCUT2D eigenvalue weighted by Crippen LogP contribution is -2.57. The van der Waals surface area contributed by atoms with E-state index >= 15 is 0 Å². The first-order chi connectivity index (χ1) is 9.18. The second-order valence-electron chi connectivity index (χ2n) is 7.50. The average molecular weight is 266 g/mol. The highest BCUT2D eigenvalue weighted by molar-refractivity contribution is 5.00. The van der Waals surface area contributed by atoms with E-state index in [1.165, 1.54) is 64.2 Å². The summed E-state index contributed by atoms with van der Waals surface area (Å²) < 4.78 is 6.08. The van der Waals surface area contributed by atoms with Gasteiger partial charge in [-0.05, 0) is 56.3 Å². The quantitative estimate of drug-likeness (QED) is 0.609. The van der Waals surface area contributed by atoms with Gasteiger partial charge in [0, 0.05) is 12.6 Å². The van der Waals surface area contributed by atoms with E-state index in [1.54, 1.807) is 0 Å². The summed E-state index contributed by atoms with van der Waals surface area (Å²) in [4.78, 5) is 0. The largest absolute Gasteiger partial charge is 0.375 e. The molecule has 2 unspecified atom stereocenters. The summed E-state index contributed by atoms with van der Waals surface area (Å²) in [7, 11) is 0. The van der Waals surface area contributed by atoms with Crippen molar-refractivity contribution >= 4 is 0 Å². The zero-order valence-corrected chi connectivity index (χ0v) is 12.4. The predicted octanol–water partition coefficient (Wildman–Crippen LogP) is 3.14. The van der Waals surface area contributed by atoms with E-state index in [4.69, 9.17) is 10.6 Å². The molecule has 1 heterocycles. The van der Waals surface area contributed by atoms with Gasteiger partial charge in [-0.2, -0.15) is 0 Å². The third-order valence-corrected chi connectivity index (χ3v) is 6.19. The summed E-state index contributed by atoms with van der Waals surface area (Å²) in [6.45, 7) is 3.40. The van der Waals surface area contributed by atoms with Gasteiger partial charge in [-0.1, -0.05) is 26.2 Å². The van der Waals surface area contributed by atoms with Crippen molar-refractivity contribution in [3.05, 3.63) is 0 Å². The summed E-state index contributed by atoms with van der Waals surface area (Å²) >= 11 is 0. The van der Waals surface area contributed by atoms with E-state index in [2.05, 4.69) is 12.3 Å². The molecule has 3 aliphatic rings. The van der Waals surface area contributed by atoms with Crippen LogP contribution in [-0.2, 0) is 4.74 Å². The van der Waals surface area contributed by atoms with Crippen molar-refractivity contribution in [2.24, 2.45) is 17.2 Å². The standard InChI is InChI=1S/C16H30N2O/c1-15(7-3-2-4-8-15)14(18-17)13-6-11-19-16(12-13)9-5-10-16/h13-14,18H,2-12,17H2,1H3. The summed E-state index contributed by atoms with van der Waals surface area (Å²) in [6, 6.07) is 0.481. The molecule has 0 amide bonds. The molecular weight excluding hydrogens is 236 g/mol. The van der Waals surface area contributed by atoms with Gasteiger partial charge in [-0.25, -0.2) is 0 Å². The van der Waals surface area contributed by atoms with Crippen LogP contribution in [0.25, 0.3) is 0 Å². The van der Waals surface area contributed by atoms with Gasteiger partial charge in [-0.3, -0.25) is 11.3 Å². The molecule has 3 N–H and O–H groups in total. The molecule has 0 aromatic heterocycles. The number of rotatable bonds is 3. The molecule has 1 aliphatic heterocycles. The molecule has 3 rings (SSSR count). The Morgan fingerprint density at radius 2 is 1.84 bits per heavy atom. The van der Waals surface area contributed by atoms with Crippen LogP contribution in [0.5, 0.6) is 0 Å². The van der Waals surface area contributed by atoms with E-state index in [9.17, 15) is 0 Å². The molecular formula is C16H30N2O. The summed E-state index contributed by atoms with van der Waals surface area (Å²) in [5.41, 5.74) is 3.85. The molecule has 3 nitrogen and oxygen atoms in total. The van der Waals surface area contributed by atoms with Gasteiger partial charge in [0.25, 0.3) is 0 Å². The second-order valence-corrected chi connectivity index (χ2v) is 7.50. The Morgan fingerprint density at radius 1 is 1.11 bits per heavy atom. The lowest BCUT2D eigenvalue weighted by molar-refractivity contribution is -0.153. The molecule has 3 heteroatoms. The van der Waals surface area contributed by atoms with E-state index in [-0.39, 0.29) is 5.60 Å². The van der Waals surface area contributed by atoms with Crippen LogP contribution in [0.4, 0.5) is 0 Å². The summed E-state index contributed by atoms with van der Waals surface area (Å²) in [6.07, 6.45) is 13.2. The van der Waals surface area contributed by atoms with Crippen molar-refractivity contribution in [2.75, 3.05) is 6.61 Å². The maximum absolute atomic E-state index is 6.08. The highest BCUT2D eigenvalue weighted by atomic mass is 16.5. The third kappa shape index (κ3) is 2.57. The fourth-order valence-electron chi connectivity index (χ4n) is 4.85. The van der Waals surface area contributed by atoms with Crippen molar-refractivity contribution in [3.8, 4) is 0 Å². The summed E-state index contributed by atoms with van der Waals surface area (Å²) in [5, 5.41) is 0. The van der Waals surface area contributed by atoms with Gasteiger partial charge >= 0.3 is 0 Å².